The normalized spacial score (nSPS) is 29.6. The van der Waals surface area contributed by atoms with Gasteiger partial charge in [0.2, 0.25) is 0 Å². The molecule has 0 aromatic carbocycles. The van der Waals surface area contributed by atoms with Crippen LogP contribution in [0.2, 0.25) is 0 Å². The van der Waals surface area contributed by atoms with E-state index in [1.165, 1.54) is 23.5 Å². The molecule has 0 saturated carbocycles. The zero-order valence-electron chi connectivity index (χ0n) is 19.3. The van der Waals surface area contributed by atoms with Gasteiger partial charge in [-0.05, 0) is 0 Å². The van der Waals surface area contributed by atoms with Crippen LogP contribution in [0, 0.1) is 0 Å². The second-order valence-electron chi connectivity index (χ2n) is 8.51. The van der Waals surface area contributed by atoms with E-state index in [-0.39, 0.29) is 12.4 Å². The molecule has 17 heteroatoms. The molecule has 198 valence electrons. The summed E-state index contributed by atoms with van der Waals surface area (Å²) in [6.45, 7) is -0.611. The molecular formula is C20H26N10O7. The van der Waals surface area contributed by atoms with Gasteiger partial charge in [0.25, 0.3) is 0 Å². The number of aliphatic hydroxyl groups excluding tert-OH is 5. The molecule has 2 fully saturated rings. The lowest BCUT2D eigenvalue weighted by molar-refractivity contribution is -0.0511. The van der Waals surface area contributed by atoms with Gasteiger partial charge in [-0.2, -0.15) is 0 Å². The van der Waals surface area contributed by atoms with Crippen molar-refractivity contribution in [1.29, 1.82) is 0 Å². The predicted molar refractivity (Wildman–Crippen MR) is 124 cm³/mol. The van der Waals surface area contributed by atoms with E-state index >= 15 is 0 Å². The molecule has 7 atom stereocenters. The fraction of sp³-hybridized carbons (Fsp3) is 0.500. The summed E-state index contributed by atoms with van der Waals surface area (Å²) in [6.07, 6.45) is 0.172. The number of ether oxygens (including phenoxy) is 2. The third-order valence-corrected chi connectivity index (χ3v) is 6.26. The van der Waals surface area contributed by atoms with Gasteiger partial charge in [-0.15, -0.1) is 0 Å². The van der Waals surface area contributed by atoms with Crippen LogP contribution in [0.15, 0.2) is 25.3 Å². The van der Waals surface area contributed by atoms with Gasteiger partial charge in [0.05, 0.1) is 32.0 Å². The Hall–Kier alpha value is -3.58. The quantitative estimate of drug-likeness (QED) is 0.143. The lowest BCUT2D eigenvalue weighted by atomic mass is 10.1. The fourth-order valence-electron chi connectivity index (χ4n) is 4.30. The highest BCUT2D eigenvalue weighted by molar-refractivity contribution is 5.81. The molecule has 0 radical (unpaired) electrons. The largest absolute Gasteiger partial charge is 0.394 e. The Labute approximate surface area is 208 Å². The van der Waals surface area contributed by atoms with Crippen LogP contribution in [0.1, 0.15) is 18.9 Å². The number of aliphatic hydroxyl groups is 5. The maximum absolute atomic E-state index is 9.95. The summed E-state index contributed by atoms with van der Waals surface area (Å²) >= 11 is 0. The average Bonchev–Trinajstić information content (AvgIpc) is 3.66. The summed E-state index contributed by atoms with van der Waals surface area (Å²) < 4.78 is 14.1. The molecule has 0 aliphatic carbocycles. The molecule has 4 aromatic heterocycles. The van der Waals surface area contributed by atoms with E-state index < -0.39 is 49.6 Å². The average molecular weight is 518 g/mol. The first-order chi connectivity index (χ1) is 17.8. The van der Waals surface area contributed by atoms with Gasteiger partial charge in [0.15, 0.2) is 29.2 Å². The Bertz CT molecular complexity index is 1380. The van der Waals surface area contributed by atoms with E-state index in [0.29, 0.717) is 34.6 Å². The minimum absolute atomic E-state index is 0.218. The molecule has 0 amide bonds. The number of rotatable bonds is 4. The fourth-order valence-corrected chi connectivity index (χ4v) is 4.30. The van der Waals surface area contributed by atoms with Crippen molar-refractivity contribution in [1.82, 2.24) is 39.0 Å². The first-order valence-electron chi connectivity index (χ1n) is 11.3. The van der Waals surface area contributed by atoms with Crippen LogP contribution in [-0.4, -0.2) is 108 Å². The van der Waals surface area contributed by atoms with Crippen LogP contribution in [0.5, 0.6) is 0 Å². The number of fused-ring (bicyclic) bond motifs is 2. The summed E-state index contributed by atoms with van der Waals surface area (Å²) in [5, 5.41) is 47.5. The van der Waals surface area contributed by atoms with Gasteiger partial charge in [-0.3, -0.25) is 9.13 Å². The zero-order chi connectivity index (χ0) is 26.3. The Morgan fingerprint density at radius 1 is 0.757 bits per heavy atom. The molecule has 0 spiro atoms. The van der Waals surface area contributed by atoms with Crippen molar-refractivity contribution in [2.24, 2.45) is 0 Å². The molecule has 0 bridgehead atoms. The third kappa shape index (κ3) is 4.42. The second kappa shape index (κ2) is 10.1. The first-order valence-corrected chi connectivity index (χ1v) is 11.3. The number of nitrogens with zero attached hydrogens (tertiary/aromatic N) is 8. The van der Waals surface area contributed by atoms with Crippen molar-refractivity contribution < 1.29 is 35.0 Å². The van der Waals surface area contributed by atoms with Gasteiger partial charge in [0, 0.05) is 6.42 Å². The van der Waals surface area contributed by atoms with Crippen LogP contribution in [0.4, 0.5) is 11.6 Å². The lowest BCUT2D eigenvalue weighted by Gasteiger charge is -2.16. The molecule has 2 aliphatic rings. The van der Waals surface area contributed by atoms with E-state index in [1.54, 1.807) is 10.9 Å². The highest BCUT2D eigenvalue weighted by Crippen LogP contribution is 2.32. The molecular weight excluding hydrogens is 492 g/mol. The highest BCUT2D eigenvalue weighted by atomic mass is 16.6. The monoisotopic (exact) mass is 518 g/mol. The number of anilines is 2. The maximum atomic E-state index is 9.95. The summed E-state index contributed by atoms with van der Waals surface area (Å²) in [5.74, 6) is 0.520. The zero-order valence-corrected chi connectivity index (χ0v) is 19.3. The van der Waals surface area contributed by atoms with Gasteiger partial charge in [-0.1, -0.05) is 0 Å². The van der Waals surface area contributed by atoms with Crippen molar-refractivity contribution in [2.75, 3.05) is 24.7 Å². The molecule has 0 unspecified atom stereocenters. The second-order valence-corrected chi connectivity index (χ2v) is 8.51. The van der Waals surface area contributed by atoms with Crippen molar-refractivity contribution in [3.63, 3.8) is 0 Å². The van der Waals surface area contributed by atoms with Crippen molar-refractivity contribution in [2.45, 2.75) is 49.4 Å². The number of imidazole rings is 2. The van der Waals surface area contributed by atoms with Crippen LogP contribution in [-0.2, 0) is 9.47 Å². The molecule has 6 heterocycles. The Balaban J connectivity index is 0.000000152. The van der Waals surface area contributed by atoms with Gasteiger partial charge in [0.1, 0.15) is 54.3 Å². The standard InChI is InChI=1S/C10H13N5O4.C10H13N5O3/c11-8-5-9(13-2-12-8)15(3-14-5)10-7(18)6(17)4(1-16)19-10;11-9-8-10(13-3-12-9)15(4-14-8)7-1-5(17)6(2-16)18-7/h2-4,6-7,10,16-18H,1H2,(H2,11,12,13);3-7,16-17H,1-2H2,(H2,11,12,13)/t4-,6-,7-,10-;5-,6+,7+/m10/s1. The van der Waals surface area contributed by atoms with Gasteiger partial charge in [-0.25, -0.2) is 29.9 Å². The minimum Gasteiger partial charge on any atom is -0.394 e. The summed E-state index contributed by atoms with van der Waals surface area (Å²) in [6, 6.07) is 0. The van der Waals surface area contributed by atoms with Gasteiger partial charge >= 0.3 is 0 Å². The number of hydrogen-bond acceptors (Lipinski definition) is 15. The Morgan fingerprint density at radius 2 is 1.32 bits per heavy atom. The molecule has 2 aliphatic heterocycles. The molecule has 4 aromatic rings. The van der Waals surface area contributed by atoms with Crippen molar-refractivity contribution in [3.8, 4) is 0 Å². The first kappa shape index (κ1) is 25.1. The Morgan fingerprint density at radius 3 is 1.86 bits per heavy atom. The molecule has 37 heavy (non-hydrogen) atoms. The summed E-state index contributed by atoms with van der Waals surface area (Å²) in [4.78, 5) is 24.0. The summed E-state index contributed by atoms with van der Waals surface area (Å²) in [5.41, 5.74) is 13.2. The minimum atomic E-state index is -1.19. The van der Waals surface area contributed by atoms with Crippen LogP contribution >= 0.6 is 0 Å². The van der Waals surface area contributed by atoms with Crippen LogP contribution in [0.25, 0.3) is 22.3 Å². The van der Waals surface area contributed by atoms with E-state index in [1.807, 2.05) is 0 Å². The van der Waals surface area contributed by atoms with E-state index in [0.717, 1.165) is 0 Å². The van der Waals surface area contributed by atoms with E-state index in [9.17, 15) is 15.3 Å². The molecule has 6 rings (SSSR count). The predicted octanol–water partition coefficient (Wildman–Crippen LogP) is -2.93. The number of nitrogen functional groups attached to an aromatic ring is 2. The number of hydrogen-bond donors (Lipinski definition) is 7. The molecule has 17 nitrogen and oxygen atoms in total. The smallest absolute Gasteiger partial charge is 0.167 e. The third-order valence-electron chi connectivity index (χ3n) is 6.26. The van der Waals surface area contributed by atoms with E-state index in [2.05, 4.69) is 29.9 Å². The van der Waals surface area contributed by atoms with Crippen molar-refractivity contribution >= 4 is 34.0 Å². The SMILES string of the molecule is Nc1ncnc2c1ncn2[C@@H]1O[C@H](CO)[C@@H](O)[C@H]1O.Nc1ncnc2c1ncn2[C@H]1C[C@H](O)[C@@H](CO)O1. The maximum Gasteiger partial charge on any atom is 0.167 e. The van der Waals surface area contributed by atoms with Crippen LogP contribution in [0.3, 0.4) is 0 Å². The Kier molecular flexibility index (Phi) is 6.82. The molecule has 2 saturated heterocycles. The van der Waals surface area contributed by atoms with Crippen LogP contribution < -0.4 is 11.5 Å². The lowest BCUT2D eigenvalue weighted by Crippen LogP contribution is -2.33. The van der Waals surface area contributed by atoms with Crippen molar-refractivity contribution in [3.05, 3.63) is 25.3 Å². The van der Waals surface area contributed by atoms with Gasteiger partial charge < -0.3 is 46.5 Å². The number of nitrogens with two attached hydrogens (primary N) is 2. The number of aromatic nitrogens is 8. The van der Waals surface area contributed by atoms with E-state index in [4.69, 9.17) is 31.2 Å². The highest BCUT2D eigenvalue weighted by Gasteiger charge is 2.44. The summed E-state index contributed by atoms with van der Waals surface area (Å²) in [7, 11) is 0. The molecule has 9 N–H and O–H groups in total. The topological polar surface area (TPSA) is 259 Å².